The van der Waals surface area contributed by atoms with Crippen LogP contribution in [0.3, 0.4) is 0 Å². The Balaban J connectivity index is 3.84. The molecule has 17 heavy (non-hydrogen) atoms. The molecule has 0 saturated carbocycles. The molecule has 0 bridgehead atoms. The highest BCUT2D eigenvalue weighted by atomic mass is 16.1. The Morgan fingerprint density at radius 1 is 1.41 bits per heavy atom. The first-order valence-corrected chi connectivity index (χ1v) is 5.65. The predicted octanol–water partition coefficient (Wildman–Crippen LogP) is 3.11. The number of allylic oxidation sites excluding steroid dienone is 3. The number of nitrogens with zero attached hydrogens (tertiary/aromatic N) is 3. The quantitative estimate of drug-likeness (QED) is 0.313. The Labute approximate surface area is 102 Å². The van der Waals surface area contributed by atoms with Crippen LogP contribution in [0.15, 0.2) is 28.4 Å². The summed E-state index contributed by atoms with van der Waals surface area (Å²) in [6.07, 6.45) is 6.24. The van der Waals surface area contributed by atoms with E-state index in [1.807, 2.05) is 13.8 Å². The van der Waals surface area contributed by atoms with Crippen molar-refractivity contribution in [3.8, 4) is 0 Å². The van der Waals surface area contributed by atoms with E-state index in [2.05, 4.69) is 34.4 Å². The molecule has 5 nitrogen and oxygen atoms in total. The fraction of sp³-hybridized carbons (Fsp3) is 0.583. The summed E-state index contributed by atoms with van der Waals surface area (Å²) in [5, 5.41) is 5.87. The number of rotatable bonds is 7. The number of nitrogens with one attached hydrogen (secondary N) is 1. The number of hydrogen-bond acceptors (Lipinski definition) is 2. The standard InChI is InChI=1S/C12H20N4O/c1-4-10(2)6-5-7-11(3)8-14-12(17)9-15-16-13/h4,7H,5-6,8-9H2,1-3H3,(H,14,17). The lowest BCUT2D eigenvalue weighted by Gasteiger charge is -2.04. The largest absolute Gasteiger partial charge is 0.352 e. The number of azide groups is 1. The molecule has 0 radical (unpaired) electrons. The van der Waals surface area contributed by atoms with E-state index in [0.717, 1.165) is 18.4 Å². The van der Waals surface area contributed by atoms with Crippen molar-refractivity contribution in [1.29, 1.82) is 0 Å². The third-order valence-electron chi connectivity index (χ3n) is 2.37. The van der Waals surface area contributed by atoms with E-state index < -0.39 is 0 Å². The zero-order valence-corrected chi connectivity index (χ0v) is 10.7. The minimum absolute atomic E-state index is 0.137. The van der Waals surface area contributed by atoms with Gasteiger partial charge in [0.2, 0.25) is 5.91 Å². The SMILES string of the molecule is CC=C(C)CCC=C(C)CNC(=O)CN=[N+]=[N-]. The molecule has 0 aliphatic heterocycles. The van der Waals surface area contributed by atoms with E-state index in [4.69, 9.17) is 5.53 Å². The molecule has 0 unspecified atom stereocenters. The van der Waals surface area contributed by atoms with Crippen LogP contribution in [0.2, 0.25) is 0 Å². The summed E-state index contributed by atoms with van der Waals surface area (Å²) in [6, 6.07) is 0. The number of carbonyl (C=O) groups excluding carboxylic acids is 1. The van der Waals surface area contributed by atoms with Crippen molar-refractivity contribution in [1.82, 2.24) is 5.32 Å². The maximum atomic E-state index is 11.1. The first kappa shape index (κ1) is 15.3. The maximum Gasteiger partial charge on any atom is 0.226 e. The molecule has 0 heterocycles. The summed E-state index contributed by atoms with van der Waals surface area (Å²) in [4.78, 5) is 13.6. The molecular formula is C12H20N4O. The molecular weight excluding hydrogens is 216 g/mol. The normalized spacial score (nSPS) is 11.9. The van der Waals surface area contributed by atoms with Crippen molar-refractivity contribution in [2.45, 2.75) is 33.6 Å². The van der Waals surface area contributed by atoms with Crippen LogP contribution in [-0.4, -0.2) is 19.0 Å². The minimum Gasteiger partial charge on any atom is -0.352 e. The monoisotopic (exact) mass is 236 g/mol. The molecule has 0 aliphatic rings. The van der Waals surface area contributed by atoms with Crippen molar-refractivity contribution < 1.29 is 4.79 Å². The van der Waals surface area contributed by atoms with E-state index in [1.165, 1.54) is 5.57 Å². The molecule has 94 valence electrons. The third-order valence-corrected chi connectivity index (χ3v) is 2.37. The van der Waals surface area contributed by atoms with Gasteiger partial charge in [-0.1, -0.05) is 28.4 Å². The average molecular weight is 236 g/mol. The molecule has 0 aromatic rings. The highest BCUT2D eigenvalue weighted by molar-refractivity contribution is 5.78. The van der Waals surface area contributed by atoms with E-state index in [-0.39, 0.29) is 12.5 Å². The second-order valence-electron chi connectivity index (χ2n) is 3.89. The van der Waals surface area contributed by atoms with Crippen molar-refractivity contribution in [2.24, 2.45) is 5.11 Å². The lowest BCUT2D eigenvalue weighted by Crippen LogP contribution is -2.26. The fourth-order valence-electron chi connectivity index (χ4n) is 1.15. The van der Waals surface area contributed by atoms with Crippen LogP contribution >= 0.6 is 0 Å². The fourth-order valence-corrected chi connectivity index (χ4v) is 1.15. The van der Waals surface area contributed by atoms with Gasteiger partial charge >= 0.3 is 0 Å². The van der Waals surface area contributed by atoms with E-state index >= 15 is 0 Å². The van der Waals surface area contributed by atoms with Gasteiger partial charge in [-0.05, 0) is 39.1 Å². The lowest BCUT2D eigenvalue weighted by atomic mass is 10.1. The average Bonchev–Trinajstić information content (AvgIpc) is 2.33. The Morgan fingerprint density at radius 3 is 2.71 bits per heavy atom. The van der Waals surface area contributed by atoms with Gasteiger partial charge in [-0.2, -0.15) is 0 Å². The summed E-state index contributed by atoms with van der Waals surface area (Å²) in [5.74, 6) is -0.250. The van der Waals surface area contributed by atoms with E-state index in [0.29, 0.717) is 6.54 Å². The summed E-state index contributed by atoms with van der Waals surface area (Å²) < 4.78 is 0. The smallest absolute Gasteiger partial charge is 0.226 e. The number of carbonyl (C=O) groups is 1. The Bertz CT molecular complexity index is 352. The van der Waals surface area contributed by atoms with Crippen LogP contribution in [0.4, 0.5) is 0 Å². The number of hydrogen-bond donors (Lipinski definition) is 1. The first-order chi connectivity index (χ1) is 8.10. The maximum absolute atomic E-state index is 11.1. The molecule has 5 heteroatoms. The van der Waals surface area contributed by atoms with Crippen LogP contribution in [0.5, 0.6) is 0 Å². The summed E-state index contributed by atoms with van der Waals surface area (Å²) >= 11 is 0. The van der Waals surface area contributed by atoms with Gasteiger partial charge in [0.1, 0.15) is 6.54 Å². The summed E-state index contributed by atoms with van der Waals surface area (Å²) in [5.41, 5.74) is 10.5. The van der Waals surface area contributed by atoms with Crippen molar-refractivity contribution in [3.63, 3.8) is 0 Å². The molecule has 0 aromatic heterocycles. The van der Waals surface area contributed by atoms with Gasteiger partial charge < -0.3 is 5.32 Å². The molecule has 0 rings (SSSR count). The Morgan fingerprint density at radius 2 is 2.12 bits per heavy atom. The predicted molar refractivity (Wildman–Crippen MR) is 69.4 cm³/mol. The summed E-state index contributed by atoms with van der Waals surface area (Å²) in [7, 11) is 0. The second kappa shape index (κ2) is 9.48. The van der Waals surface area contributed by atoms with Gasteiger partial charge in [-0.15, -0.1) is 0 Å². The molecule has 0 fully saturated rings. The molecule has 0 saturated heterocycles. The zero-order valence-electron chi connectivity index (χ0n) is 10.7. The zero-order chi connectivity index (χ0) is 13.1. The molecule has 0 aliphatic carbocycles. The van der Waals surface area contributed by atoms with Gasteiger partial charge in [0.05, 0.1) is 0 Å². The minimum atomic E-state index is -0.250. The molecule has 1 N–H and O–H groups in total. The molecule has 0 spiro atoms. The molecule has 1 amide bonds. The Hall–Kier alpha value is -1.74. The highest BCUT2D eigenvalue weighted by Gasteiger charge is 1.98. The molecule has 0 aromatic carbocycles. The van der Waals surface area contributed by atoms with Gasteiger partial charge in [-0.25, -0.2) is 0 Å². The van der Waals surface area contributed by atoms with Crippen molar-refractivity contribution in [2.75, 3.05) is 13.1 Å². The van der Waals surface area contributed by atoms with E-state index in [9.17, 15) is 4.79 Å². The van der Waals surface area contributed by atoms with Crippen LogP contribution < -0.4 is 5.32 Å². The van der Waals surface area contributed by atoms with E-state index in [1.54, 1.807) is 0 Å². The third kappa shape index (κ3) is 9.20. The van der Waals surface area contributed by atoms with Gasteiger partial charge in [0, 0.05) is 11.5 Å². The van der Waals surface area contributed by atoms with Crippen LogP contribution in [-0.2, 0) is 4.79 Å². The van der Waals surface area contributed by atoms with Crippen LogP contribution in [0, 0.1) is 0 Å². The molecule has 0 atom stereocenters. The van der Waals surface area contributed by atoms with Gasteiger partial charge in [0.15, 0.2) is 0 Å². The van der Waals surface area contributed by atoms with Crippen molar-refractivity contribution >= 4 is 5.91 Å². The highest BCUT2D eigenvalue weighted by Crippen LogP contribution is 2.05. The first-order valence-electron chi connectivity index (χ1n) is 5.65. The van der Waals surface area contributed by atoms with Gasteiger partial charge in [0.25, 0.3) is 0 Å². The van der Waals surface area contributed by atoms with Gasteiger partial charge in [-0.3, -0.25) is 4.79 Å². The van der Waals surface area contributed by atoms with Crippen LogP contribution in [0.1, 0.15) is 33.6 Å². The Kier molecular flexibility index (Phi) is 8.51. The van der Waals surface area contributed by atoms with Crippen molar-refractivity contribution in [3.05, 3.63) is 33.7 Å². The van der Waals surface area contributed by atoms with Crippen LogP contribution in [0.25, 0.3) is 10.4 Å². The second-order valence-corrected chi connectivity index (χ2v) is 3.89. The lowest BCUT2D eigenvalue weighted by molar-refractivity contribution is -0.119. The summed E-state index contributed by atoms with van der Waals surface area (Å²) in [6.45, 7) is 6.47. The topological polar surface area (TPSA) is 77.9 Å². The number of amides is 1.